The molecule has 32 heavy (non-hydrogen) atoms. The smallest absolute Gasteiger partial charge is 0.0737 e. The maximum Gasteiger partial charge on any atom is 0.0737 e. The van der Waals surface area contributed by atoms with Crippen molar-refractivity contribution in [3.8, 4) is 12.3 Å². The third-order valence-corrected chi connectivity index (χ3v) is 5.40. The quantitative estimate of drug-likeness (QED) is 0.582. The minimum Gasteiger partial charge on any atom is -0.249 e. The Bertz CT molecular complexity index is 1480. The summed E-state index contributed by atoms with van der Waals surface area (Å²) in [5.74, 6) is 2.67. The minimum atomic E-state index is 0.844. The first-order valence-electron chi connectivity index (χ1n) is 10.3. The van der Waals surface area contributed by atoms with Crippen LogP contribution < -0.4 is 0 Å². The van der Waals surface area contributed by atoms with Gasteiger partial charge in [-0.3, -0.25) is 0 Å². The van der Waals surface area contributed by atoms with E-state index in [2.05, 4.69) is 17.0 Å². The second kappa shape index (κ2) is 7.26. The second-order valence-corrected chi connectivity index (χ2v) is 7.66. The van der Waals surface area contributed by atoms with E-state index in [9.17, 15) is 0 Å². The normalized spacial score (nSPS) is 19.9. The van der Waals surface area contributed by atoms with Crippen LogP contribution in [0.1, 0.15) is 11.1 Å². The van der Waals surface area contributed by atoms with Crippen molar-refractivity contribution in [2.45, 2.75) is 0 Å². The van der Waals surface area contributed by atoms with E-state index in [1.54, 1.807) is 0 Å². The molecule has 6 rings (SSSR count). The molecule has 5 aliphatic heterocycles. The van der Waals surface area contributed by atoms with E-state index in [0.717, 1.165) is 62.3 Å². The van der Waals surface area contributed by atoms with Crippen LogP contribution in [0, 0.1) is 12.3 Å². The lowest BCUT2D eigenvalue weighted by Crippen LogP contribution is -1.91. The lowest BCUT2D eigenvalue weighted by molar-refractivity contribution is 1.41. The van der Waals surface area contributed by atoms with Crippen LogP contribution in [0.2, 0.25) is 0 Å². The average Bonchev–Trinajstić information content (AvgIpc) is 3.59. The van der Waals surface area contributed by atoms with E-state index >= 15 is 0 Å². The van der Waals surface area contributed by atoms with Gasteiger partial charge in [0.2, 0.25) is 0 Å². The van der Waals surface area contributed by atoms with Crippen LogP contribution in [0.15, 0.2) is 134 Å². The standard InChI is InChI=1S/C28H16N4/c1-2-18-3-5-19(6-4-18)27-16-26-15-24-10-9-22(30-24)13-20-7-8-21(29-20)14-23-11-12-25(31-23)17-28(27)32-26/h1,3-17H. The van der Waals surface area contributed by atoms with Gasteiger partial charge in [0.15, 0.2) is 0 Å². The molecule has 5 aliphatic rings. The lowest BCUT2D eigenvalue weighted by Gasteiger charge is -2.04. The number of aliphatic imine (C=N–C) groups is 4. The highest BCUT2D eigenvalue weighted by atomic mass is 14.8. The molecule has 0 aliphatic carbocycles. The summed E-state index contributed by atoms with van der Waals surface area (Å²) in [7, 11) is 0. The van der Waals surface area contributed by atoms with Gasteiger partial charge in [-0.25, -0.2) is 20.0 Å². The van der Waals surface area contributed by atoms with E-state index in [1.165, 1.54) is 0 Å². The topological polar surface area (TPSA) is 49.4 Å². The van der Waals surface area contributed by atoms with Gasteiger partial charge in [0.25, 0.3) is 0 Å². The van der Waals surface area contributed by atoms with Gasteiger partial charge in [-0.2, -0.15) is 0 Å². The number of hydrogen-bond acceptors (Lipinski definition) is 4. The average molecular weight is 408 g/mol. The fourth-order valence-corrected chi connectivity index (χ4v) is 3.87. The molecule has 0 fully saturated rings. The second-order valence-electron chi connectivity index (χ2n) is 7.66. The molecule has 0 N–H and O–H groups in total. The molecule has 5 heterocycles. The lowest BCUT2D eigenvalue weighted by atomic mass is 10.0. The van der Waals surface area contributed by atoms with Crippen molar-refractivity contribution in [1.29, 1.82) is 0 Å². The van der Waals surface area contributed by atoms with Crippen LogP contribution in [-0.2, 0) is 0 Å². The summed E-state index contributed by atoms with van der Waals surface area (Å²) in [6.45, 7) is 0. The van der Waals surface area contributed by atoms with Crippen LogP contribution in [0.3, 0.4) is 0 Å². The monoisotopic (exact) mass is 408 g/mol. The Morgan fingerprint density at radius 2 is 1.06 bits per heavy atom. The zero-order valence-electron chi connectivity index (χ0n) is 17.0. The Labute approximate surface area is 185 Å². The van der Waals surface area contributed by atoms with Gasteiger partial charge in [-0.1, -0.05) is 18.1 Å². The van der Waals surface area contributed by atoms with Crippen LogP contribution in [0.4, 0.5) is 0 Å². The van der Waals surface area contributed by atoms with Crippen molar-refractivity contribution in [2.75, 3.05) is 0 Å². The largest absolute Gasteiger partial charge is 0.249 e. The van der Waals surface area contributed by atoms with Crippen LogP contribution in [0.5, 0.6) is 0 Å². The molecule has 1 aromatic carbocycles. The first-order valence-corrected chi connectivity index (χ1v) is 10.3. The van der Waals surface area contributed by atoms with Crippen molar-refractivity contribution in [3.05, 3.63) is 125 Å². The highest BCUT2D eigenvalue weighted by molar-refractivity contribution is 6.19. The molecule has 0 aromatic heterocycles. The molecular weight excluding hydrogens is 392 g/mol. The highest BCUT2D eigenvalue weighted by Crippen LogP contribution is 2.31. The predicted molar refractivity (Wildman–Crippen MR) is 132 cm³/mol. The summed E-state index contributed by atoms with van der Waals surface area (Å²) in [5.41, 5.74) is 9.80. The molecule has 4 nitrogen and oxygen atoms in total. The van der Waals surface area contributed by atoms with E-state index in [1.807, 2.05) is 85.0 Å². The predicted octanol–water partition coefficient (Wildman–Crippen LogP) is 5.09. The van der Waals surface area contributed by atoms with Crippen molar-refractivity contribution in [2.24, 2.45) is 20.0 Å². The Morgan fingerprint density at radius 3 is 1.62 bits per heavy atom. The molecule has 0 amide bonds. The molecule has 1 aromatic rings. The molecular formula is C28H16N4. The molecule has 0 saturated heterocycles. The number of nitrogens with zero attached hydrogens (tertiary/aromatic N) is 4. The Balaban J connectivity index is 1.49. The first kappa shape index (κ1) is 18.2. The van der Waals surface area contributed by atoms with Crippen LogP contribution in [-0.4, -0.2) is 22.8 Å². The van der Waals surface area contributed by atoms with E-state index in [0.29, 0.717) is 0 Å². The maximum absolute atomic E-state index is 5.52. The van der Waals surface area contributed by atoms with E-state index < -0.39 is 0 Å². The van der Waals surface area contributed by atoms with E-state index in [-0.39, 0.29) is 0 Å². The molecule has 4 heteroatoms. The maximum atomic E-state index is 5.52. The van der Waals surface area contributed by atoms with Crippen LogP contribution in [0.25, 0.3) is 5.57 Å². The number of fused-ring (bicyclic) bond motifs is 4. The molecule has 0 saturated carbocycles. The highest BCUT2D eigenvalue weighted by Gasteiger charge is 2.18. The zero-order valence-corrected chi connectivity index (χ0v) is 17.0. The molecule has 8 bridgehead atoms. The number of terminal acetylenes is 1. The van der Waals surface area contributed by atoms with Gasteiger partial charge >= 0.3 is 0 Å². The summed E-state index contributed by atoms with van der Waals surface area (Å²) in [6.07, 6.45) is 27.5. The molecule has 148 valence electrons. The third-order valence-electron chi connectivity index (χ3n) is 5.40. The number of benzene rings is 1. The van der Waals surface area contributed by atoms with Gasteiger partial charge < -0.3 is 0 Å². The summed E-state index contributed by atoms with van der Waals surface area (Å²) in [5, 5.41) is 0. The molecule has 0 atom stereocenters. The van der Waals surface area contributed by atoms with Gasteiger partial charge in [0.05, 0.1) is 45.6 Å². The fourth-order valence-electron chi connectivity index (χ4n) is 3.87. The van der Waals surface area contributed by atoms with E-state index in [4.69, 9.17) is 21.4 Å². The van der Waals surface area contributed by atoms with Gasteiger partial charge in [-0.05, 0) is 84.5 Å². The minimum absolute atomic E-state index is 0.844. The summed E-state index contributed by atoms with van der Waals surface area (Å²) >= 11 is 0. The molecule has 0 unspecified atom stereocenters. The van der Waals surface area contributed by atoms with Crippen molar-refractivity contribution in [3.63, 3.8) is 0 Å². The van der Waals surface area contributed by atoms with Crippen molar-refractivity contribution in [1.82, 2.24) is 0 Å². The molecule has 0 radical (unpaired) electrons. The van der Waals surface area contributed by atoms with Crippen LogP contribution >= 0.6 is 0 Å². The SMILES string of the molecule is C#Cc1ccc(C2=CC3=NC2=CC2=NC(=CC4=NC(=CC5=NC(=C3)C=C5)C=C4)C=C2)cc1. The number of allylic oxidation sites excluding steroid dienone is 12. The van der Waals surface area contributed by atoms with Gasteiger partial charge in [0.1, 0.15) is 0 Å². The summed E-state index contributed by atoms with van der Waals surface area (Å²) in [6, 6.07) is 7.95. The first-order chi connectivity index (χ1) is 15.7. The van der Waals surface area contributed by atoms with Gasteiger partial charge in [0, 0.05) is 11.1 Å². The summed E-state index contributed by atoms with van der Waals surface area (Å²) < 4.78 is 0. The third kappa shape index (κ3) is 3.42. The zero-order chi connectivity index (χ0) is 21.5. The Hall–Kier alpha value is -4.62. The number of rotatable bonds is 1. The Kier molecular flexibility index (Phi) is 4.12. The number of hydrogen-bond donors (Lipinski definition) is 0. The van der Waals surface area contributed by atoms with Crippen molar-refractivity contribution < 1.29 is 0 Å². The fraction of sp³-hybridized carbons (Fsp3) is 0. The molecule has 0 spiro atoms. The Morgan fingerprint density at radius 1 is 0.531 bits per heavy atom. The van der Waals surface area contributed by atoms with Gasteiger partial charge in [-0.15, -0.1) is 6.42 Å². The van der Waals surface area contributed by atoms with Crippen molar-refractivity contribution >= 4 is 28.4 Å². The summed E-state index contributed by atoms with van der Waals surface area (Å²) in [4.78, 5) is 18.9.